The van der Waals surface area contributed by atoms with Crippen molar-refractivity contribution >= 4 is 28.5 Å². The maximum Gasteiger partial charge on any atom is 0.0848 e. The standard InChI is InChI=1S/C26H25N5/c1-30-10-12-31(13-11-30)21-6-8-23-20(15-21)16-25(28-23)18-5-7-22-19(14-18)17-26(29-22)24-4-2-3-9-27-24/h2-9,14-15H,10-13,16-17H2,1H3. The molecule has 1 saturated heterocycles. The zero-order chi connectivity index (χ0) is 20.8. The molecule has 0 saturated carbocycles. The molecule has 0 aliphatic carbocycles. The molecule has 4 heterocycles. The Hall–Kier alpha value is -3.31. The van der Waals surface area contributed by atoms with E-state index in [9.17, 15) is 0 Å². The predicted octanol–water partition coefficient (Wildman–Crippen LogP) is 4.19. The third kappa shape index (κ3) is 3.45. The van der Waals surface area contributed by atoms with Crippen LogP contribution in [0.2, 0.25) is 0 Å². The van der Waals surface area contributed by atoms with Gasteiger partial charge in [-0.3, -0.25) is 15.0 Å². The number of benzene rings is 2. The second-order valence-electron chi connectivity index (χ2n) is 8.63. The molecule has 154 valence electrons. The molecule has 3 aliphatic heterocycles. The summed E-state index contributed by atoms with van der Waals surface area (Å²) in [6.45, 7) is 4.42. The lowest BCUT2D eigenvalue weighted by Gasteiger charge is -2.34. The molecular formula is C26H25N5. The van der Waals surface area contributed by atoms with E-state index in [2.05, 4.69) is 58.2 Å². The number of hydrogen-bond acceptors (Lipinski definition) is 5. The van der Waals surface area contributed by atoms with Crippen LogP contribution >= 0.6 is 0 Å². The fourth-order valence-electron chi connectivity index (χ4n) is 4.68. The molecule has 5 nitrogen and oxygen atoms in total. The largest absolute Gasteiger partial charge is 0.369 e. The minimum absolute atomic E-state index is 0.827. The van der Waals surface area contributed by atoms with Crippen molar-refractivity contribution in [2.24, 2.45) is 9.98 Å². The number of hydrogen-bond donors (Lipinski definition) is 0. The molecule has 5 heteroatoms. The van der Waals surface area contributed by atoms with E-state index in [1.165, 1.54) is 22.4 Å². The summed E-state index contributed by atoms with van der Waals surface area (Å²) in [6.07, 6.45) is 3.55. The van der Waals surface area contributed by atoms with Crippen molar-refractivity contribution in [3.05, 3.63) is 83.2 Å². The molecule has 2 aromatic carbocycles. The van der Waals surface area contributed by atoms with Crippen molar-refractivity contribution in [2.45, 2.75) is 12.8 Å². The topological polar surface area (TPSA) is 44.1 Å². The third-order valence-electron chi connectivity index (χ3n) is 6.53. The van der Waals surface area contributed by atoms with Gasteiger partial charge < -0.3 is 9.80 Å². The van der Waals surface area contributed by atoms with E-state index in [0.717, 1.165) is 67.5 Å². The van der Waals surface area contributed by atoms with Gasteiger partial charge in [0.1, 0.15) is 0 Å². The van der Waals surface area contributed by atoms with Crippen LogP contribution in [-0.2, 0) is 12.8 Å². The van der Waals surface area contributed by atoms with Gasteiger partial charge in [0.05, 0.1) is 28.5 Å². The van der Waals surface area contributed by atoms with Gasteiger partial charge >= 0.3 is 0 Å². The number of rotatable bonds is 3. The molecule has 3 aromatic rings. The molecular weight excluding hydrogens is 382 g/mol. The number of likely N-dealkylation sites (N-methyl/N-ethyl adjacent to an activating group) is 1. The van der Waals surface area contributed by atoms with E-state index in [-0.39, 0.29) is 0 Å². The number of aromatic nitrogens is 1. The number of pyridine rings is 1. The van der Waals surface area contributed by atoms with Crippen LogP contribution in [0.25, 0.3) is 0 Å². The molecule has 0 radical (unpaired) electrons. The van der Waals surface area contributed by atoms with Crippen molar-refractivity contribution in [1.82, 2.24) is 9.88 Å². The molecule has 0 unspecified atom stereocenters. The van der Waals surface area contributed by atoms with Crippen molar-refractivity contribution in [2.75, 3.05) is 38.1 Å². The van der Waals surface area contributed by atoms with E-state index in [4.69, 9.17) is 9.98 Å². The van der Waals surface area contributed by atoms with Gasteiger partial charge in [0.25, 0.3) is 0 Å². The predicted molar refractivity (Wildman–Crippen MR) is 127 cm³/mol. The van der Waals surface area contributed by atoms with Crippen LogP contribution in [0.5, 0.6) is 0 Å². The van der Waals surface area contributed by atoms with Gasteiger partial charge in [0.15, 0.2) is 0 Å². The highest BCUT2D eigenvalue weighted by Gasteiger charge is 2.22. The summed E-state index contributed by atoms with van der Waals surface area (Å²) in [5.41, 5.74) is 10.4. The zero-order valence-electron chi connectivity index (χ0n) is 17.8. The van der Waals surface area contributed by atoms with Crippen LogP contribution in [0.1, 0.15) is 22.4 Å². The first-order valence-corrected chi connectivity index (χ1v) is 11.0. The highest BCUT2D eigenvalue weighted by molar-refractivity contribution is 6.09. The molecule has 3 aliphatic rings. The first kappa shape index (κ1) is 18.5. The summed E-state index contributed by atoms with van der Waals surface area (Å²) in [5.74, 6) is 0. The first-order valence-electron chi connectivity index (χ1n) is 11.0. The van der Waals surface area contributed by atoms with Crippen LogP contribution in [0.15, 0.2) is 70.8 Å². The van der Waals surface area contributed by atoms with Gasteiger partial charge in [-0.25, -0.2) is 0 Å². The quantitative estimate of drug-likeness (QED) is 0.654. The van der Waals surface area contributed by atoms with Gasteiger partial charge in [-0.15, -0.1) is 0 Å². The van der Waals surface area contributed by atoms with Crippen molar-refractivity contribution in [3.63, 3.8) is 0 Å². The van der Waals surface area contributed by atoms with Crippen LogP contribution in [0, 0.1) is 0 Å². The Kier molecular flexibility index (Phi) is 4.42. The van der Waals surface area contributed by atoms with Crippen LogP contribution in [0.3, 0.4) is 0 Å². The summed E-state index contributed by atoms with van der Waals surface area (Å²) in [4.78, 5) is 19.1. The number of anilines is 1. The van der Waals surface area contributed by atoms with Gasteiger partial charge in [-0.1, -0.05) is 12.1 Å². The second-order valence-corrected chi connectivity index (χ2v) is 8.63. The van der Waals surface area contributed by atoms with E-state index in [1.54, 1.807) is 0 Å². The van der Waals surface area contributed by atoms with Gasteiger partial charge in [-0.2, -0.15) is 0 Å². The summed E-state index contributed by atoms with van der Waals surface area (Å²) < 4.78 is 0. The van der Waals surface area contributed by atoms with Gasteiger partial charge in [0.2, 0.25) is 0 Å². The molecule has 0 atom stereocenters. The second kappa shape index (κ2) is 7.43. The number of piperazine rings is 1. The normalized spacial score (nSPS) is 17.9. The zero-order valence-corrected chi connectivity index (χ0v) is 17.8. The number of aliphatic imine (C=N–C) groups is 2. The average Bonchev–Trinajstić information content (AvgIpc) is 3.43. The smallest absolute Gasteiger partial charge is 0.0848 e. The molecule has 31 heavy (non-hydrogen) atoms. The molecule has 1 fully saturated rings. The summed E-state index contributed by atoms with van der Waals surface area (Å²) in [5, 5.41) is 0. The Balaban J connectivity index is 1.21. The summed E-state index contributed by atoms with van der Waals surface area (Å²) >= 11 is 0. The van der Waals surface area contributed by atoms with Crippen LogP contribution < -0.4 is 4.90 Å². The minimum atomic E-state index is 0.827. The van der Waals surface area contributed by atoms with E-state index in [1.807, 2.05) is 24.4 Å². The average molecular weight is 408 g/mol. The van der Waals surface area contributed by atoms with Crippen LogP contribution in [0.4, 0.5) is 17.1 Å². The van der Waals surface area contributed by atoms with Gasteiger partial charge in [0, 0.05) is 50.9 Å². The minimum Gasteiger partial charge on any atom is -0.369 e. The molecule has 6 rings (SSSR count). The Morgan fingerprint density at radius 2 is 1.48 bits per heavy atom. The SMILES string of the molecule is CN1CCN(c2ccc3c(c2)CC(c2ccc4c(c2)CC(c2ccccn2)=N4)=N3)CC1. The van der Waals surface area contributed by atoms with E-state index >= 15 is 0 Å². The summed E-state index contributed by atoms with van der Waals surface area (Å²) in [6, 6.07) is 19.3. The molecule has 0 N–H and O–H groups in total. The fourth-order valence-corrected chi connectivity index (χ4v) is 4.68. The van der Waals surface area contributed by atoms with E-state index < -0.39 is 0 Å². The summed E-state index contributed by atoms with van der Waals surface area (Å²) in [7, 11) is 2.20. The third-order valence-corrected chi connectivity index (χ3v) is 6.53. The molecule has 0 amide bonds. The van der Waals surface area contributed by atoms with Crippen LogP contribution in [-0.4, -0.2) is 54.5 Å². The van der Waals surface area contributed by atoms with Crippen molar-refractivity contribution < 1.29 is 0 Å². The molecule has 0 spiro atoms. The Bertz CT molecular complexity index is 1200. The van der Waals surface area contributed by atoms with E-state index in [0.29, 0.717) is 0 Å². The molecule has 1 aromatic heterocycles. The number of fused-ring (bicyclic) bond motifs is 2. The maximum absolute atomic E-state index is 4.96. The van der Waals surface area contributed by atoms with Crippen molar-refractivity contribution in [1.29, 1.82) is 0 Å². The molecule has 0 bridgehead atoms. The Labute approximate surface area is 182 Å². The first-order chi connectivity index (χ1) is 15.2. The van der Waals surface area contributed by atoms with Crippen molar-refractivity contribution in [3.8, 4) is 0 Å². The highest BCUT2D eigenvalue weighted by atomic mass is 15.2. The Morgan fingerprint density at radius 3 is 2.29 bits per heavy atom. The van der Waals surface area contributed by atoms with Gasteiger partial charge in [-0.05, 0) is 66.2 Å². The highest BCUT2D eigenvalue weighted by Crippen LogP contribution is 2.35. The number of nitrogens with zero attached hydrogens (tertiary/aromatic N) is 5. The monoisotopic (exact) mass is 407 g/mol. The fraction of sp³-hybridized carbons (Fsp3) is 0.269. The lowest BCUT2D eigenvalue weighted by Crippen LogP contribution is -2.44. The lowest BCUT2D eigenvalue weighted by atomic mass is 9.99. The lowest BCUT2D eigenvalue weighted by molar-refractivity contribution is 0.313. The maximum atomic E-state index is 4.96. The Morgan fingerprint density at radius 1 is 0.742 bits per heavy atom.